The smallest absolute Gasteiger partial charge is 0.251 e. The molecule has 0 aliphatic rings. The highest BCUT2D eigenvalue weighted by molar-refractivity contribution is 9.10. The summed E-state index contributed by atoms with van der Waals surface area (Å²) in [5.41, 5.74) is 2.43. The van der Waals surface area contributed by atoms with Crippen molar-refractivity contribution in [3.63, 3.8) is 0 Å². The van der Waals surface area contributed by atoms with Gasteiger partial charge in [0.2, 0.25) is 0 Å². The Hall–Kier alpha value is -1.17. The molecule has 0 fully saturated rings. The first-order valence-electron chi connectivity index (χ1n) is 5.82. The van der Waals surface area contributed by atoms with Crippen LogP contribution in [0.5, 0.6) is 0 Å². The first-order valence-corrected chi connectivity index (χ1v) is 7.56. The summed E-state index contributed by atoms with van der Waals surface area (Å²) in [5.74, 6) is -0.176. The number of rotatable bonds is 4. The quantitative estimate of drug-likeness (QED) is 0.897. The van der Waals surface area contributed by atoms with Crippen molar-refractivity contribution in [3.05, 3.63) is 56.2 Å². The van der Waals surface area contributed by atoms with Crippen molar-refractivity contribution < 1.29 is 9.90 Å². The van der Waals surface area contributed by atoms with Crippen LogP contribution in [-0.2, 0) is 0 Å². The number of thiophene rings is 1. The van der Waals surface area contributed by atoms with Crippen LogP contribution >= 0.6 is 27.3 Å². The minimum atomic E-state index is -0.660. The molecular weight excluding hydrogens is 326 g/mol. The van der Waals surface area contributed by atoms with Crippen molar-refractivity contribution in [2.75, 3.05) is 6.54 Å². The summed E-state index contributed by atoms with van der Waals surface area (Å²) in [6.45, 7) is 2.14. The van der Waals surface area contributed by atoms with Crippen LogP contribution < -0.4 is 5.32 Å². The van der Waals surface area contributed by atoms with Gasteiger partial charge < -0.3 is 10.4 Å². The van der Waals surface area contributed by atoms with Crippen molar-refractivity contribution in [2.24, 2.45) is 0 Å². The van der Waals surface area contributed by atoms with Gasteiger partial charge in [0, 0.05) is 16.6 Å². The minimum absolute atomic E-state index is 0.176. The lowest BCUT2D eigenvalue weighted by molar-refractivity contribution is 0.0916. The third-order valence-electron chi connectivity index (χ3n) is 2.80. The minimum Gasteiger partial charge on any atom is -0.387 e. The molecule has 3 nitrogen and oxygen atoms in total. The summed E-state index contributed by atoms with van der Waals surface area (Å²) >= 11 is 4.92. The molecule has 1 aromatic carbocycles. The van der Waals surface area contributed by atoms with Gasteiger partial charge in [-0.1, -0.05) is 15.9 Å². The molecule has 1 amide bonds. The third-order valence-corrected chi connectivity index (χ3v) is 4.40. The van der Waals surface area contributed by atoms with Gasteiger partial charge in [0.05, 0.1) is 6.10 Å². The molecule has 1 unspecified atom stereocenters. The van der Waals surface area contributed by atoms with Crippen LogP contribution in [0, 0.1) is 6.92 Å². The van der Waals surface area contributed by atoms with E-state index in [1.807, 2.05) is 35.9 Å². The first kappa shape index (κ1) is 14.2. The first-order chi connectivity index (χ1) is 9.08. The monoisotopic (exact) mass is 339 g/mol. The van der Waals surface area contributed by atoms with E-state index in [1.165, 1.54) is 11.3 Å². The lowest BCUT2D eigenvalue weighted by atomic mass is 10.1. The number of halogens is 1. The average molecular weight is 340 g/mol. The van der Waals surface area contributed by atoms with Gasteiger partial charge in [0.25, 0.3) is 5.91 Å². The van der Waals surface area contributed by atoms with Crippen molar-refractivity contribution in [1.29, 1.82) is 0 Å². The predicted molar refractivity (Wildman–Crippen MR) is 80.5 cm³/mol. The Morgan fingerprint density at radius 1 is 1.47 bits per heavy atom. The molecule has 0 radical (unpaired) electrons. The molecule has 1 atom stereocenters. The van der Waals surface area contributed by atoms with Gasteiger partial charge in [-0.05, 0) is 53.1 Å². The maximum atomic E-state index is 11.9. The van der Waals surface area contributed by atoms with Crippen molar-refractivity contribution in [1.82, 2.24) is 5.32 Å². The van der Waals surface area contributed by atoms with E-state index in [-0.39, 0.29) is 12.5 Å². The van der Waals surface area contributed by atoms with E-state index in [0.29, 0.717) is 5.56 Å². The zero-order chi connectivity index (χ0) is 13.8. The largest absolute Gasteiger partial charge is 0.387 e. The number of aryl methyl sites for hydroxylation is 1. The summed E-state index contributed by atoms with van der Waals surface area (Å²) in [4.78, 5) is 11.9. The van der Waals surface area contributed by atoms with Gasteiger partial charge in [0.1, 0.15) is 0 Å². The summed E-state index contributed by atoms with van der Waals surface area (Å²) in [5, 5.41) is 16.4. The summed E-state index contributed by atoms with van der Waals surface area (Å²) in [7, 11) is 0. The van der Waals surface area contributed by atoms with E-state index in [9.17, 15) is 9.90 Å². The summed E-state index contributed by atoms with van der Waals surface area (Å²) < 4.78 is 0.974. The fraction of sp³-hybridized carbons (Fsp3) is 0.214. The molecule has 0 saturated heterocycles. The van der Waals surface area contributed by atoms with E-state index in [1.54, 1.807) is 6.07 Å². The number of carbonyl (C=O) groups is 1. The van der Waals surface area contributed by atoms with E-state index < -0.39 is 6.10 Å². The molecule has 0 spiro atoms. The summed E-state index contributed by atoms with van der Waals surface area (Å²) in [6.07, 6.45) is -0.660. The van der Waals surface area contributed by atoms with E-state index in [4.69, 9.17) is 0 Å². The fourth-order valence-electron chi connectivity index (χ4n) is 1.66. The zero-order valence-corrected chi connectivity index (χ0v) is 12.8. The highest BCUT2D eigenvalue weighted by Crippen LogP contribution is 2.18. The van der Waals surface area contributed by atoms with Gasteiger partial charge in [-0.3, -0.25) is 4.79 Å². The molecular formula is C14H14BrNO2S. The second-order valence-electron chi connectivity index (χ2n) is 4.25. The Morgan fingerprint density at radius 2 is 2.26 bits per heavy atom. The number of hydrogen-bond donors (Lipinski definition) is 2. The molecule has 5 heteroatoms. The number of aliphatic hydroxyl groups is 1. The van der Waals surface area contributed by atoms with Crippen molar-refractivity contribution >= 4 is 33.2 Å². The number of hydrogen-bond acceptors (Lipinski definition) is 3. The van der Waals surface area contributed by atoms with Gasteiger partial charge in [-0.2, -0.15) is 11.3 Å². The standard InChI is InChI=1S/C14H14BrNO2S/c1-9-6-10(2-3-12(9)15)14(18)16-7-13(17)11-4-5-19-8-11/h2-6,8,13,17H,7H2,1H3,(H,16,18). The van der Waals surface area contributed by atoms with Gasteiger partial charge in [-0.25, -0.2) is 0 Å². The Labute approximate surface area is 124 Å². The molecule has 2 rings (SSSR count). The topological polar surface area (TPSA) is 49.3 Å². The molecule has 19 heavy (non-hydrogen) atoms. The third kappa shape index (κ3) is 3.65. The Kier molecular flexibility index (Phi) is 4.74. The maximum absolute atomic E-state index is 11.9. The number of aliphatic hydroxyl groups excluding tert-OH is 1. The van der Waals surface area contributed by atoms with Gasteiger partial charge in [-0.15, -0.1) is 0 Å². The number of carbonyl (C=O) groups excluding carboxylic acids is 1. The zero-order valence-electron chi connectivity index (χ0n) is 10.4. The van der Waals surface area contributed by atoms with Crippen molar-refractivity contribution in [2.45, 2.75) is 13.0 Å². The summed E-state index contributed by atoms with van der Waals surface area (Å²) in [6, 6.07) is 7.27. The Balaban J connectivity index is 1.96. The Morgan fingerprint density at radius 3 is 2.89 bits per heavy atom. The van der Waals surface area contributed by atoms with Crippen LogP contribution in [-0.4, -0.2) is 17.6 Å². The maximum Gasteiger partial charge on any atom is 0.251 e. The number of nitrogens with one attached hydrogen (secondary N) is 1. The van der Waals surface area contributed by atoms with E-state index in [0.717, 1.165) is 15.6 Å². The molecule has 2 N–H and O–H groups in total. The highest BCUT2D eigenvalue weighted by atomic mass is 79.9. The van der Waals surface area contributed by atoms with Crippen LogP contribution in [0.3, 0.4) is 0 Å². The molecule has 0 bridgehead atoms. The van der Waals surface area contributed by atoms with Crippen LogP contribution in [0.15, 0.2) is 39.5 Å². The molecule has 2 aromatic rings. The van der Waals surface area contributed by atoms with Crippen molar-refractivity contribution in [3.8, 4) is 0 Å². The van der Waals surface area contributed by atoms with E-state index in [2.05, 4.69) is 21.2 Å². The molecule has 0 aliphatic heterocycles. The fourth-order valence-corrected chi connectivity index (χ4v) is 2.61. The molecule has 1 aromatic heterocycles. The van der Waals surface area contributed by atoms with Crippen LogP contribution in [0.1, 0.15) is 27.6 Å². The number of amides is 1. The molecule has 100 valence electrons. The Bertz CT molecular complexity index is 569. The average Bonchev–Trinajstić information content (AvgIpc) is 2.92. The van der Waals surface area contributed by atoms with Crippen LogP contribution in [0.4, 0.5) is 0 Å². The lowest BCUT2D eigenvalue weighted by Gasteiger charge is -2.11. The number of benzene rings is 1. The molecule has 0 saturated carbocycles. The molecule has 1 heterocycles. The normalized spacial score (nSPS) is 12.2. The van der Waals surface area contributed by atoms with Crippen LogP contribution in [0.25, 0.3) is 0 Å². The van der Waals surface area contributed by atoms with Crippen LogP contribution in [0.2, 0.25) is 0 Å². The van der Waals surface area contributed by atoms with Gasteiger partial charge >= 0.3 is 0 Å². The molecule has 0 aliphatic carbocycles. The van der Waals surface area contributed by atoms with Gasteiger partial charge in [0.15, 0.2) is 0 Å². The van der Waals surface area contributed by atoms with E-state index >= 15 is 0 Å². The lowest BCUT2D eigenvalue weighted by Crippen LogP contribution is -2.28. The SMILES string of the molecule is Cc1cc(C(=O)NCC(O)c2ccsc2)ccc1Br. The predicted octanol–water partition coefficient (Wildman–Crippen LogP) is 3.28. The second-order valence-corrected chi connectivity index (χ2v) is 5.88. The highest BCUT2D eigenvalue weighted by Gasteiger charge is 2.11. The second kappa shape index (κ2) is 6.32.